The lowest BCUT2D eigenvalue weighted by Crippen LogP contribution is -2.25. The van der Waals surface area contributed by atoms with Crippen molar-refractivity contribution in [2.75, 3.05) is 0 Å². The summed E-state index contributed by atoms with van der Waals surface area (Å²) in [6.45, 7) is 5.10. The van der Waals surface area contributed by atoms with Gasteiger partial charge in [-0.05, 0) is 44.5 Å². The van der Waals surface area contributed by atoms with Crippen molar-refractivity contribution in [3.8, 4) is 11.5 Å². The summed E-state index contributed by atoms with van der Waals surface area (Å²) >= 11 is 0. The van der Waals surface area contributed by atoms with Crippen molar-refractivity contribution in [1.82, 2.24) is 10.3 Å². The van der Waals surface area contributed by atoms with E-state index in [2.05, 4.69) is 10.3 Å². The second-order valence-corrected chi connectivity index (χ2v) is 6.15. The van der Waals surface area contributed by atoms with Crippen LogP contribution in [0, 0.1) is 19.7 Å². The van der Waals surface area contributed by atoms with E-state index >= 15 is 0 Å². The summed E-state index contributed by atoms with van der Waals surface area (Å²) in [7, 11) is 0. The number of carbonyl (C=O) groups is 1. The molecule has 134 valence electrons. The molecule has 0 aliphatic rings. The number of benzene rings is 1. The van der Waals surface area contributed by atoms with E-state index in [0.717, 1.165) is 11.8 Å². The van der Waals surface area contributed by atoms with E-state index in [1.807, 2.05) is 6.92 Å². The molecule has 1 amide bonds. The fourth-order valence-electron chi connectivity index (χ4n) is 2.91. The molecule has 3 aromatic rings. The zero-order valence-corrected chi connectivity index (χ0v) is 14.5. The third-order valence-electron chi connectivity index (χ3n) is 4.16. The number of pyridine rings is 1. The number of amides is 1. The molecule has 3 rings (SSSR count). The second kappa shape index (κ2) is 6.59. The number of carboxylic acid groups (broad SMARTS) is 1. The first kappa shape index (κ1) is 17.6. The Balaban J connectivity index is 2.31. The van der Waals surface area contributed by atoms with Crippen LogP contribution in [0.5, 0.6) is 0 Å². The van der Waals surface area contributed by atoms with Crippen molar-refractivity contribution in [3.05, 3.63) is 63.2 Å². The predicted octanol–water partition coefficient (Wildman–Crippen LogP) is 3.94. The molecule has 1 atom stereocenters. The first-order valence-electron chi connectivity index (χ1n) is 7.97. The smallest absolute Gasteiger partial charge is 0.405 e. The Morgan fingerprint density at radius 2 is 2.04 bits per heavy atom. The molecule has 1 aromatic carbocycles. The molecular formula is C19H17FN2O4. The van der Waals surface area contributed by atoms with E-state index in [1.54, 1.807) is 26.0 Å². The van der Waals surface area contributed by atoms with E-state index in [9.17, 15) is 14.0 Å². The van der Waals surface area contributed by atoms with Gasteiger partial charge in [0.05, 0.1) is 17.6 Å². The molecule has 0 fully saturated rings. The van der Waals surface area contributed by atoms with Crippen LogP contribution < -0.4 is 10.7 Å². The van der Waals surface area contributed by atoms with Crippen molar-refractivity contribution in [3.63, 3.8) is 0 Å². The van der Waals surface area contributed by atoms with Gasteiger partial charge in [0, 0.05) is 11.1 Å². The van der Waals surface area contributed by atoms with Crippen molar-refractivity contribution in [2.45, 2.75) is 26.8 Å². The number of fused-ring (bicyclic) bond motifs is 1. The van der Waals surface area contributed by atoms with Crippen LogP contribution in [-0.2, 0) is 0 Å². The van der Waals surface area contributed by atoms with Gasteiger partial charge in [-0.1, -0.05) is 6.07 Å². The minimum Gasteiger partial charge on any atom is -0.465 e. The van der Waals surface area contributed by atoms with Gasteiger partial charge in [-0.2, -0.15) is 0 Å². The van der Waals surface area contributed by atoms with Crippen LogP contribution in [0.15, 0.2) is 39.7 Å². The van der Waals surface area contributed by atoms with E-state index in [0.29, 0.717) is 22.2 Å². The van der Waals surface area contributed by atoms with Gasteiger partial charge in [-0.25, -0.2) is 14.2 Å². The van der Waals surface area contributed by atoms with Crippen LogP contribution in [0.3, 0.4) is 0 Å². The monoisotopic (exact) mass is 356 g/mol. The van der Waals surface area contributed by atoms with Crippen molar-refractivity contribution >= 4 is 17.1 Å². The molecule has 0 radical (unpaired) electrons. The number of halogens is 1. The summed E-state index contributed by atoms with van der Waals surface area (Å²) in [6.07, 6.45) is -0.133. The molecule has 7 heteroatoms. The van der Waals surface area contributed by atoms with E-state index in [4.69, 9.17) is 9.52 Å². The Morgan fingerprint density at radius 1 is 1.31 bits per heavy atom. The lowest BCUT2D eigenvalue weighted by Gasteiger charge is -2.16. The number of hydrogen-bond donors (Lipinski definition) is 2. The third kappa shape index (κ3) is 3.15. The number of rotatable bonds is 3. The first-order chi connectivity index (χ1) is 12.3. The molecule has 0 saturated heterocycles. The van der Waals surface area contributed by atoms with Crippen molar-refractivity contribution < 1.29 is 18.7 Å². The molecule has 0 bridgehead atoms. The van der Waals surface area contributed by atoms with Crippen molar-refractivity contribution in [2.24, 2.45) is 0 Å². The zero-order valence-electron chi connectivity index (χ0n) is 14.5. The third-order valence-corrected chi connectivity index (χ3v) is 4.16. The molecule has 0 aliphatic heterocycles. The van der Waals surface area contributed by atoms with Gasteiger partial charge in [0.2, 0.25) is 0 Å². The number of aromatic nitrogens is 1. The summed E-state index contributed by atoms with van der Waals surface area (Å²) in [5.41, 5.74) is 2.09. The Labute approximate surface area is 148 Å². The van der Waals surface area contributed by atoms with Crippen LogP contribution in [-0.4, -0.2) is 16.2 Å². The minimum atomic E-state index is -1.18. The SMILES string of the molecule is Cc1cc(C(C)NC(=O)O)c2oc(-c3ccc(F)cn3)c(C)c(=O)c2c1. The fourth-order valence-corrected chi connectivity index (χ4v) is 2.91. The standard InChI is InChI=1S/C19H17FN2O4/c1-9-6-13(11(3)22-19(24)25)18-14(7-9)16(23)10(2)17(26-18)15-5-4-12(20)8-21-15/h4-8,11,22H,1-3H3,(H,24,25). The molecule has 26 heavy (non-hydrogen) atoms. The van der Waals surface area contributed by atoms with Gasteiger partial charge < -0.3 is 14.8 Å². The predicted molar refractivity (Wildman–Crippen MR) is 94.7 cm³/mol. The molecule has 0 spiro atoms. The maximum atomic E-state index is 13.2. The van der Waals surface area contributed by atoms with Gasteiger partial charge in [-0.15, -0.1) is 0 Å². The summed E-state index contributed by atoms with van der Waals surface area (Å²) in [6, 6.07) is 5.54. The van der Waals surface area contributed by atoms with Gasteiger partial charge in [-0.3, -0.25) is 4.79 Å². The number of nitrogens with one attached hydrogen (secondary N) is 1. The van der Waals surface area contributed by atoms with Crippen LogP contribution in [0.25, 0.3) is 22.4 Å². The Kier molecular flexibility index (Phi) is 4.46. The van der Waals surface area contributed by atoms with Crippen LogP contribution in [0.4, 0.5) is 9.18 Å². The highest BCUT2D eigenvalue weighted by molar-refractivity contribution is 5.84. The average molecular weight is 356 g/mol. The normalized spacial score (nSPS) is 12.2. The highest BCUT2D eigenvalue weighted by Gasteiger charge is 2.20. The fraction of sp³-hybridized carbons (Fsp3) is 0.211. The Morgan fingerprint density at radius 3 is 2.65 bits per heavy atom. The van der Waals surface area contributed by atoms with Crippen LogP contribution in [0.1, 0.15) is 29.7 Å². The summed E-state index contributed by atoms with van der Waals surface area (Å²) < 4.78 is 19.1. The summed E-state index contributed by atoms with van der Waals surface area (Å²) in [5, 5.41) is 11.7. The lowest BCUT2D eigenvalue weighted by atomic mass is 10.00. The van der Waals surface area contributed by atoms with Gasteiger partial charge in [0.25, 0.3) is 0 Å². The van der Waals surface area contributed by atoms with Gasteiger partial charge >= 0.3 is 6.09 Å². The summed E-state index contributed by atoms with van der Waals surface area (Å²) in [5.74, 6) is -0.264. The molecular weight excluding hydrogens is 339 g/mol. The maximum absolute atomic E-state index is 13.2. The Bertz CT molecular complexity index is 1060. The van der Waals surface area contributed by atoms with Gasteiger partial charge in [0.15, 0.2) is 11.2 Å². The Hall–Kier alpha value is -3.22. The van der Waals surface area contributed by atoms with E-state index in [1.165, 1.54) is 12.1 Å². The minimum absolute atomic E-state index is 0.232. The summed E-state index contributed by atoms with van der Waals surface area (Å²) in [4.78, 5) is 27.8. The molecule has 2 N–H and O–H groups in total. The quantitative estimate of drug-likeness (QED) is 0.741. The number of nitrogens with zero attached hydrogens (tertiary/aromatic N) is 1. The molecule has 0 aliphatic carbocycles. The highest BCUT2D eigenvalue weighted by Crippen LogP contribution is 2.30. The molecule has 2 aromatic heterocycles. The van der Waals surface area contributed by atoms with Crippen LogP contribution in [0.2, 0.25) is 0 Å². The maximum Gasteiger partial charge on any atom is 0.405 e. The van der Waals surface area contributed by atoms with E-state index < -0.39 is 18.0 Å². The molecule has 0 saturated carbocycles. The number of aryl methyl sites for hydroxylation is 1. The largest absolute Gasteiger partial charge is 0.465 e. The highest BCUT2D eigenvalue weighted by atomic mass is 19.1. The molecule has 1 unspecified atom stereocenters. The van der Waals surface area contributed by atoms with E-state index in [-0.39, 0.29) is 16.8 Å². The molecule has 6 nitrogen and oxygen atoms in total. The van der Waals surface area contributed by atoms with Crippen LogP contribution >= 0.6 is 0 Å². The lowest BCUT2D eigenvalue weighted by molar-refractivity contribution is 0.191. The second-order valence-electron chi connectivity index (χ2n) is 6.15. The van der Waals surface area contributed by atoms with Gasteiger partial charge in [0.1, 0.15) is 17.1 Å². The topological polar surface area (TPSA) is 92.4 Å². The molecule has 2 heterocycles. The zero-order chi connectivity index (χ0) is 19.0. The van der Waals surface area contributed by atoms with Crippen molar-refractivity contribution in [1.29, 1.82) is 0 Å². The number of hydrogen-bond acceptors (Lipinski definition) is 4. The average Bonchev–Trinajstić information content (AvgIpc) is 2.58. The first-order valence-corrected chi connectivity index (χ1v) is 7.97.